The molecule has 150 valence electrons. The summed E-state index contributed by atoms with van der Waals surface area (Å²) in [6.45, 7) is 3.71. The summed E-state index contributed by atoms with van der Waals surface area (Å²) in [4.78, 5) is 27.9. The molecule has 1 aliphatic rings. The van der Waals surface area contributed by atoms with Crippen LogP contribution in [0.2, 0.25) is 5.02 Å². The lowest BCUT2D eigenvalue weighted by Gasteiger charge is -2.18. The van der Waals surface area contributed by atoms with Crippen molar-refractivity contribution in [1.29, 1.82) is 0 Å². The van der Waals surface area contributed by atoms with E-state index in [1.165, 1.54) is 24.3 Å². The second-order valence-corrected chi connectivity index (χ2v) is 7.51. The van der Waals surface area contributed by atoms with E-state index in [1.54, 1.807) is 24.3 Å². The third kappa shape index (κ3) is 3.48. The quantitative estimate of drug-likeness (QED) is 0.567. The van der Waals surface area contributed by atoms with Gasteiger partial charge in [0.05, 0.1) is 11.3 Å². The standard InChI is InChI=1S/C24H18ClFN2O2/c1-14-7-10-17(25)13-19(14)27-22-21(16-8-11-18(26)12-9-16)23(29)28(24(22)30)20-6-4-3-5-15(20)2/h3-13,27H,1-2H3. The maximum absolute atomic E-state index is 13.5. The van der Waals surface area contributed by atoms with Crippen LogP contribution in [0.1, 0.15) is 16.7 Å². The van der Waals surface area contributed by atoms with Crippen molar-refractivity contribution in [1.82, 2.24) is 0 Å². The Kier molecular flexibility index (Phi) is 5.14. The number of halogens is 2. The van der Waals surface area contributed by atoms with E-state index in [0.717, 1.165) is 16.0 Å². The van der Waals surface area contributed by atoms with Gasteiger partial charge in [-0.05, 0) is 60.9 Å². The minimum atomic E-state index is -0.479. The van der Waals surface area contributed by atoms with Gasteiger partial charge in [-0.15, -0.1) is 0 Å². The number of hydrogen-bond donors (Lipinski definition) is 1. The number of carbonyl (C=O) groups excluding carboxylic acids is 2. The second-order valence-electron chi connectivity index (χ2n) is 7.07. The first kappa shape index (κ1) is 19.9. The normalized spacial score (nSPS) is 13.9. The van der Waals surface area contributed by atoms with Crippen LogP contribution in [-0.4, -0.2) is 11.8 Å². The van der Waals surface area contributed by atoms with Gasteiger partial charge in [0, 0.05) is 10.7 Å². The van der Waals surface area contributed by atoms with Crippen molar-refractivity contribution < 1.29 is 14.0 Å². The van der Waals surface area contributed by atoms with Crippen LogP contribution in [0.3, 0.4) is 0 Å². The van der Waals surface area contributed by atoms with Crippen molar-refractivity contribution >= 4 is 40.4 Å². The molecule has 0 unspecified atom stereocenters. The molecule has 4 nitrogen and oxygen atoms in total. The molecule has 0 saturated carbocycles. The zero-order valence-corrected chi connectivity index (χ0v) is 17.1. The van der Waals surface area contributed by atoms with Crippen molar-refractivity contribution in [2.75, 3.05) is 10.2 Å². The molecule has 4 rings (SSSR count). The molecule has 0 bridgehead atoms. The highest BCUT2D eigenvalue weighted by atomic mass is 35.5. The molecule has 0 spiro atoms. The van der Waals surface area contributed by atoms with E-state index in [9.17, 15) is 14.0 Å². The number of benzene rings is 3. The highest BCUT2D eigenvalue weighted by molar-refractivity contribution is 6.46. The maximum Gasteiger partial charge on any atom is 0.282 e. The molecule has 2 amide bonds. The molecular weight excluding hydrogens is 403 g/mol. The van der Waals surface area contributed by atoms with Gasteiger partial charge in [-0.25, -0.2) is 9.29 Å². The lowest BCUT2D eigenvalue weighted by molar-refractivity contribution is -0.120. The van der Waals surface area contributed by atoms with Gasteiger partial charge in [0.15, 0.2) is 0 Å². The number of para-hydroxylation sites is 1. The molecule has 3 aromatic carbocycles. The van der Waals surface area contributed by atoms with E-state index in [4.69, 9.17) is 11.6 Å². The van der Waals surface area contributed by atoms with Crippen LogP contribution in [0.5, 0.6) is 0 Å². The van der Waals surface area contributed by atoms with Gasteiger partial charge in [0.1, 0.15) is 11.5 Å². The molecule has 3 aromatic rings. The Hall–Kier alpha value is -3.44. The summed E-state index contributed by atoms with van der Waals surface area (Å²) in [5, 5.41) is 3.60. The van der Waals surface area contributed by atoms with Crippen molar-refractivity contribution in [2.45, 2.75) is 13.8 Å². The fraction of sp³-hybridized carbons (Fsp3) is 0.0833. The van der Waals surface area contributed by atoms with Gasteiger partial charge in [0.25, 0.3) is 11.8 Å². The molecule has 0 aliphatic carbocycles. The van der Waals surface area contributed by atoms with Gasteiger partial charge >= 0.3 is 0 Å². The van der Waals surface area contributed by atoms with Crippen LogP contribution in [0.25, 0.3) is 5.57 Å². The summed E-state index contributed by atoms with van der Waals surface area (Å²) in [5.41, 5.74) is 3.53. The summed E-state index contributed by atoms with van der Waals surface area (Å²) in [6, 6.07) is 17.9. The summed E-state index contributed by atoms with van der Waals surface area (Å²) >= 11 is 6.12. The zero-order chi connectivity index (χ0) is 21.4. The van der Waals surface area contributed by atoms with Gasteiger partial charge < -0.3 is 5.32 Å². The summed E-state index contributed by atoms with van der Waals surface area (Å²) < 4.78 is 13.5. The molecule has 0 fully saturated rings. The predicted molar refractivity (Wildman–Crippen MR) is 117 cm³/mol. The number of rotatable bonds is 4. The Balaban J connectivity index is 1.87. The number of imide groups is 1. The largest absolute Gasteiger partial charge is 0.350 e. The minimum absolute atomic E-state index is 0.125. The zero-order valence-electron chi connectivity index (χ0n) is 16.4. The third-order valence-electron chi connectivity index (χ3n) is 5.03. The molecule has 1 N–H and O–H groups in total. The topological polar surface area (TPSA) is 49.4 Å². The molecule has 0 atom stereocenters. The van der Waals surface area contributed by atoms with Crippen molar-refractivity contribution in [3.63, 3.8) is 0 Å². The molecule has 1 aliphatic heterocycles. The van der Waals surface area contributed by atoms with E-state index in [-0.39, 0.29) is 11.3 Å². The van der Waals surface area contributed by atoms with E-state index in [1.807, 2.05) is 32.0 Å². The van der Waals surface area contributed by atoms with Crippen molar-refractivity contribution in [2.24, 2.45) is 0 Å². The Bertz CT molecular complexity index is 1200. The molecular formula is C24H18ClFN2O2. The Labute approximate surface area is 178 Å². The lowest BCUT2D eigenvalue weighted by Crippen LogP contribution is -2.33. The summed E-state index contributed by atoms with van der Waals surface area (Å²) in [6.07, 6.45) is 0. The smallest absolute Gasteiger partial charge is 0.282 e. The van der Waals surface area contributed by atoms with Crippen LogP contribution in [-0.2, 0) is 9.59 Å². The highest BCUT2D eigenvalue weighted by Gasteiger charge is 2.40. The van der Waals surface area contributed by atoms with Crippen LogP contribution >= 0.6 is 11.6 Å². The molecule has 1 heterocycles. The van der Waals surface area contributed by atoms with Crippen molar-refractivity contribution in [3.05, 3.63) is 100.0 Å². The fourth-order valence-corrected chi connectivity index (χ4v) is 3.60. The maximum atomic E-state index is 13.5. The molecule has 6 heteroatoms. The van der Waals surface area contributed by atoms with E-state index >= 15 is 0 Å². The minimum Gasteiger partial charge on any atom is -0.350 e. The molecule has 0 aromatic heterocycles. The number of nitrogens with one attached hydrogen (secondary N) is 1. The van der Waals surface area contributed by atoms with E-state index < -0.39 is 17.6 Å². The Morgan fingerprint density at radius 2 is 1.57 bits per heavy atom. The first-order chi connectivity index (χ1) is 14.4. The van der Waals surface area contributed by atoms with Crippen LogP contribution in [0.4, 0.5) is 15.8 Å². The SMILES string of the molecule is Cc1ccc(Cl)cc1NC1=C(c2ccc(F)cc2)C(=O)N(c2ccccc2C)C1=O. The number of nitrogens with zero attached hydrogens (tertiary/aromatic N) is 1. The highest BCUT2D eigenvalue weighted by Crippen LogP contribution is 2.35. The third-order valence-corrected chi connectivity index (χ3v) is 5.27. The van der Waals surface area contributed by atoms with Crippen LogP contribution in [0, 0.1) is 19.7 Å². The monoisotopic (exact) mass is 420 g/mol. The average Bonchev–Trinajstić information content (AvgIpc) is 2.96. The Morgan fingerprint density at radius 1 is 0.867 bits per heavy atom. The first-order valence-corrected chi connectivity index (χ1v) is 9.72. The van der Waals surface area contributed by atoms with Gasteiger partial charge in [-0.3, -0.25) is 9.59 Å². The number of hydrogen-bond acceptors (Lipinski definition) is 3. The molecule has 30 heavy (non-hydrogen) atoms. The molecule has 0 radical (unpaired) electrons. The van der Waals surface area contributed by atoms with Gasteiger partial charge in [0.2, 0.25) is 0 Å². The van der Waals surface area contributed by atoms with Gasteiger partial charge in [-0.2, -0.15) is 0 Å². The van der Waals surface area contributed by atoms with Crippen LogP contribution < -0.4 is 10.2 Å². The molecule has 0 saturated heterocycles. The number of carbonyl (C=O) groups is 2. The first-order valence-electron chi connectivity index (χ1n) is 9.34. The summed E-state index contributed by atoms with van der Waals surface area (Å²) in [5.74, 6) is -1.37. The Morgan fingerprint density at radius 3 is 2.27 bits per heavy atom. The number of aryl methyl sites for hydroxylation is 2. The van der Waals surface area contributed by atoms with E-state index in [0.29, 0.717) is 22.0 Å². The van der Waals surface area contributed by atoms with Crippen LogP contribution in [0.15, 0.2) is 72.4 Å². The average molecular weight is 421 g/mol. The van der Waals surface area contributed by atoms with Gasteiger partial charge in [-0.1, -0.05) is 48.0 Å². The van der Waals surface area contributed by atoms with E-state index in [2.05, 4.69) is 5.32 Å². The fourth-order valence-electron chi connectivity index (χ4n) is 3.43. The summed E-state index contributed by atoms with van der Waals surface area (Å²) in [7, 11) is 0. The lowest BCUT2D eigenvalue weighted by atomic mass is 10.0. The number of anilines is 2. The second kappa shape index (κ2) is 7.76. The number of amides is 2. The van der Waals surface area contributed by atoms with Crippen molar-refractivity contribution in [3.8, 4) is 0 Å². The predicted octanol–water partition coefficient (Wildman–Crippen LogP) is 5.49.